The van der Waals surface area contributed by atoms with Crippen LogP contribution in [0, 0.1) is 6.92 Å². The van der Waals surface area contributed by atoms with E-state index in [1.165, 1.54) is 0 Å². The Balaban J connectivity index is 2.18. The van der Waals surface area contributed by atoms with Crippen molar-refractivity contribution in [3.8, 4) is 0 Å². The molecule has 1 aliphatic rings. The number of carboxylic acids is 1. The summed E-state index contributed by atoms with van der Waals surface area (Å²) in [5, 5.41) is 8.82. The van der Waals surface area contributed by atoms with Crippen LogP contribution in [0.5, 0.6) is 0 Å². The van der Waals surface area contributed by atoms with Crippen LogP contribution in [0.3, 0.4) is 0 Å². The molecule has 0 saturated carbocycles. The first kappa shape index (κ1) is 12.1. The van der Waals surface area contributed by atoms with Gasteiger partial charge in [0.25, 0.3) is 0 Å². The van der Waals surface area contributed by atoms with Crippen molar-refractivity contribution in [2.45, 2.75) is 39.3 Å². The number of ether oxygens (including phenoxy) is 2. The highest BCUT2D eigenvalue weighted by Gasteiger charge is 2.32. The Hall–Kier alpha value is -1.39. The van der Waals surface area contributed by atoms with Crippen LogP contribution in [0.15, 0.2) is 18.2 Å². The Bertz CT molecular complexity index is 441. The smallest absolute Gasteiger partial charge is 0.308 e. The minimum absolute atomic E-state index is 0.153. The number of hydrogen-bond donors (Lipinski definition) is 1. The molecule has 0 spiro atoms. The fourth-order valence-electron chi connectivity index (χ4n) is 1.91. The highest BCUT2D eigenvalue weighted by atomic mass is 16.7. The second-order valence-electron chi connectivity index (χ2n) is 4.55. The summed E-state index contributed by atoms with van der Waals surface area (Å²) in [5.41, 5.74) is 3.29. The van der Waals surface area contributed by atoms with Crippen LogP contribution in [0.2, 0.25) is 0 Å². The van der Waals surface area contributed by atoms with Crippen LogP contribution < -0.4 is 0 Å². The molecule has 0 fully saturated rings. The van der Waals surface area contributed by atoms with E-state index in [0.717, 1.165) is 16.7 Å². The summed E-state index contributed by atoms with van der Waals surface area (Å²) in [6.45, 7) is 4.46. The monoisotopic (exact) mass is 236 g/mol. The van der Waals surface area contributed by atoms with Crippen molar-refractivity contribution >= 4 is 5.97 Å². The Labute approximate surface area is 100 Å². The maximum absolute atomic E-state index is 10.8. The van der Waals surface area contributed by atoms with E-state index in [2.05, 4.69) is 0 Å². The standard InChI is InChI=1S/C13H16O4/c1-9-3-4-10-7-16-13(2,6-12(14)15)17-8-11(10)5-9/h3-5H,6-8H2,1-2H3,(H,14,15). The van der Waals surface area contributed by atoms with E-state index >= 15 is 0 Å². The second-order valence-corrected chi connectivity index (χ2v) is 4.55. The Morgan fingerprint density at radius 3 is 2.65 bits per heavy atom. The minimum atomic E-state index is -1.04. The summed E-state index contributed by atoms with van der Waals surface area (Å²) in [6.07, 6.45) is -0.153. The summed E-state index contributed by atoms with van der Waals surface area (Å²) in [6, 6.07) is 6.06. The zero-order chi connectivity index (χ0) is 12.5. The van der Waals surface area contributed by atoms with Crippen molar-refractivity contribution in [3.63, 3.8) is 0 Å². The van der Waals surface area contributed by atoms with Crippen molar-refractivity contribution < 1.29 is 19.4 Å². The van der Waals surface area contributed by atoms with E-state index in [-0.39, 0.29) is 6.42 Å². The molecule has 0 radical (unpaired) electrons. The van der Waals surface area contributed by atoms with Crippen molar-refractivity contribution in [1.29, 1.82) is 0 Å². The van der Waals surface area contributed by atoms with Crippen molar-refractivity contribution in [1.82, 2.24) is 0 Å². The molecule has 2 rings (SSSR count). The van der Waals surface area contributed by atoms with Crippen LogP contribution in [-0.4, -0.2) is 16.9 Å². The molecule has 4 heteroatoms. The van der Waals surface area contributed by atoms with Gasteiger partial charge in [-0.05, 0) is 25.0 Å². The normalized spacial score (nSPS) is 23.9. The van der Waals surface area contributed by atoms with Gasteiger partial charge in [-0.15, -0.1) is 0 Å². The van der Waals surface area contributed by atoms with Crippen LogP contribution in [0.25, 0.3) is 0 Å². The molecule has 0 saturated heterocycles. The molecule has 92 valence electrons. The lowest BCUT2D eigenvalue weighted by Gasteiger charge is -2.25. The Morgan fingerprint density at radius 1 is 1.35 bits per heavy atom. The molecule has 1 heterocycles. The topological polar surface area (TPSA) is 55.8 Å². The maximum Gasteiger partial charge on any atom is 0.308 e. The molecule has 1 aromatic rings. The van der Waals surface area contributed by atoms with Crippen LogP contribution >= 0.6 is 0 Å². The molecular weight excluding hydrogens is 220 g/mol. The summed E-state index contributed by atoms with van der Waals surface area (Å²) in [5.74, 6) is -1.96. The van der Waals surface area contributed by atoms with Gasteiger partial charge in [0.1, 0.15) is 0 Å². The van der Waals surface area contributed by atoms with Gasteiger partial charge in [0, 0.05) is 0 Å². The van der Waals surface area contributed by atoms with Gasteiger partial charge in [0.15, 0.2) is 5.79 Å². The highest BCUT2D eigenvalue weighted by molar-refractivity contribution is 5.67. The lowest BCUT2D eigenvalue weighted by atomic mass is 10.1. The van der Waals surface area contributed by atoms with E-state index in [1.54, 1.807) is 6.92 Å². The van der Waals surface area contributed by atoms with Gasteiger partial charge >= 0.3 is 5.97 Å². The molecule has 17 heavy (non-hydrogen) atoms. The van der Waals surface area contributed by atoms with Crippen molar-refractivity contribution in [2.75, 3.05) is 0 Å². The molecule has 0 aliphatic carbocycles. The van der Waals surface area contributed by atoms with Crippen LogP contribution in [0.1, 0.15) is 30.0 Å². The molecule has 1 N–H and O–H groups in total. The van der Waals surface area contributed by atoms with E-state index in [9.17, 15) is 4.79 Å². The lowest BCUT2D eigenvalue weighted by Crippen LogP contribution is -2.33. The van der Waals surface area contributed by atoms with Crippen LogP contribution in [-0.2, 0) is 27.5 Å². The fraction of sp³-hybridized carbons (Fsp3) is 0.462. The number of fused-ring (bicyclic) bond motifs is 1. The van der Waals surface area contributed by atoms with Gasteiger partial charge in [-0.2, -0.15) is 0 Å². The number of aliphatic carboxylic acids is 1. The SMILES string of the molecule is Cc1ccc2c(c1)COC(C)(CC(=O)O)OC2. The first-order valence-corrected chi connectivity index (χ1v) is 5.57. The predicted molar refractivity (Wildman–Crippen MR) is 61.4 cm³/mol. The molecule has 1 aliphatic heterocycles. The van der Waals surface area contributed by atoms with E-state index in [4.69, 9.17) is 14.6 Å². The number of carboxylic acid groups (broad SMARTS) is 1. The quantitative estimate of drug-likeness (QED) is 0.855. The number of benzene rings is 1. The molecule has 0 amide bonds. The van der Waals surface area contributed by atoms with Crippen molar-refractivity contribution in [2.24, 2.45) is 0 Å². The highest BCUT2D eigenvalue weighted by Crippen LogP contribution is 2.27. The summed E-state index contributed by atoms with van der Waals surface area (Å²) >= 11 is 0. The Kier molecular flexibility index (Phi) is 3.17. The van der Waals surface area contributed by atoms with E-state index in [0.29, 0.717) is 13.2 Å². The average Bonchev–Trinajstić information content (AvgIpc) is 2.38. The average molecular weight is 236 g/mol. The van der Waals surface area contributed by atoms with E-state index in [1.807, 2.05) is 25.1 Å². The first-order valence-electron chi connectivity index (χ1n) is 5.57. The zero-order valence-corrected chi connectivity index (χ0v) is 10.0. The number of rotatable bonds is 2. The third kappa shape index (κ3) is 2.84. The van der Waals surface area contributed by atoms with Gasteiger partial charge in [-0.25, -0.2) is 0 Å². The van der Waals surface area contributed by atoms with Gasteiger partial charge in [-0.3, -0.25) is 4.79 Å². The third-order valence-electron chi connectivity index (χ3n) is 2.90. The molecule has 0 bridgehead atoms. The lowest BCUT2D eigenvalue weighted by molar-refractivity contribution is -0.237. The van der Waals surface area contributed by atoms with Crippen LogP contribution in [0.4, 0.5) is 0 Å². The fourth-order valence-corrected chi connectivity index (χ4v) is 1.91. The Morgan fingerprint density at radius 2 is 2.00 bits per heavy atom. The third-order valence-corrected chi connectivity index (χ3v) is 2.90. The summed E-state index contributed by atoms with van der Waals surface area (Å²) in [4.78, 5) is 10.8. The van der Waals surface area contributed by atoms with Gasteiger partial charge in [0.2, 0.25) is 0 Å². The summed E-state index contributed by atoms with van der Waals surface area (Å²) < 4.78 is 11.1. The zero-order valence-electron chi connectivity index (χ0n) is 10.0. The minimum Gasteiger partial charge on any atom is -0.481 e. The first-order chi connectivity index (χ1) is 7.98. The molecule has 1 aromatic carbocycles. The number of hydrogen-bond acceptors (Lipinski definition) is 3. The second kappa shape index (κ2) is 4.47. The number of carbonyl (C=O) groups is 1. The molecular formula is C13H16O4. The molecule has 4 nitrogen and oxygen atoms in total. The largest absolute Gasteiger partial charge is 0.481 e. The molecule has 1 unspecified atom stereocenters. The summed E-state index contributed by atoms with van der Waals surface area (Å²) in [7, 11) is 0. The maximum atomic E-state index is 10.8. The predicted octanol–water partition coefficient (Wildman–Crippen LogP) is 2.23. The molecule has 0 aromatic heterocycles. The van der Waals surface area contributed by atoms with Gasteiger partial charge in [0.05, 0.1) is 19.6 Å². The van der Waals surface area contributed by atoms with Gasteiger partial charge in [-0.1, -0.05) is 23.8 Å². The molecule has 1 atom stereocenters. The van der Waals surface area contributed by atoms with Gasteiger partial charge < -0.3 is 14.6 Å². The number of aryl methyl sites for hydroxylation is 1. The van der Waals surface area contributed by atoms with Crippen molar-refractivity contribution in [3.05, 3.63) is 34.9 Å². The van der Waals surface area contributed by atoms with E-state index < -0.39 is 11.8 Å².